The number of aliphatic hydroxyl groups is 10. The van der Waals surface area contributed by atoms with Gasteiger partial charge in [0.25, 0.3) is 0 Å². The predicted molar refractivity (Wildman–Crippen MR) is 102 cm³/mol. The third kappa shape index (κ3) is 5.59. The first kappa shape index (κ1) is 28.4. The number of hydrogen-bond acceptors (Lipinski definition) is 16. The van der Waals surface area contributed by atoms with Crippen LogP contribution < -0.4 is 0 Å². The molecule has 35 heavy (non-hydrogen) atoms. The molecule has 0 saturated carbocycles. The first-order chi connectivity index (χ1) is 16.4. The Morgan fingerprint density at radius 3 is 1.63 bits per heavy atom. The fraction of sp³-hybridized carbons (Fsp3) is 0.944. The van der Waals surface area contributed by atoms with Crippen molar-refractivity contribution in [3.05, 3.63) is 0 Å². The number of aliphatic carboxylic acids is 1. The molecule has 0 amide bonds. The van der Waals surface area contributed by atoms with Gasteiger partial charge >= 0.3 is 5.97 Å². The maximum absolute atomic E-state index is 11.1. The molecule has 204 valence electrons. The van der Waals surface area contributed by atoms with Gasteiger partial charge in [0.2, 0.25) is 0 Å². The third-order valence-corrected chi connectivity index (χ3v) is 6.06. The van der Waals surface area contributed by atoms with Crippen LogP contribution in [0.25, 0.3) is 0 Å². The first-order valence-electron chi connectivity index (χ1n) is 10.6. The Bertz CT molecular complexity index is 707. The number of carbonyl (C=O) groups is 1. The Hall–Kier alpha value is -1.13. The molecule has 3 fully saturated rings. The van der Waals surface area contributed by atoms with Gasteiger partial charge in [-0.3, -0.25) is 0 Å². The van der Waals surface area contributed by atoms with Crippen LogP contribution in [0.5, 0.6) is 0 Å². The molecule has 0 unspecified atom stereocenters. The molecule has 0 radical (unpaired) electrons. The van der Waals surface area contributed by atoms with Crippen molar-refractivity contribution >= 4 is 5.97 Å². The maximum atomic E-state index is 11.1. The SMILES string of the molecule is O=C(O)[C@H]1O[C@@H](O)[C@H](O[C@@H]2O[C@H](CO)[C@@H](O[C@@H]3O[C@H](CO)[C@@H](O)[C@H](O)[C@H]3O)[C@H](O)[C@H]2O)[C@@H](O)[C@@H]1O. The molecule has 0 bridgehead atoms. The number of ether oxygens (including phenoxy) is 5. The van der Waals surface area contributed by atoms with Crippen LogP contribution in [0, 0.1) is 0 Å². The van der Waals surface area contributed by atoms with Gasteiger partial charge < -0.3 is 79.9 Å². The van der Waals surface area contributed by atoms with Gasteiger partial charge in [-0.15, -0.1) is 0 Å². The summed E-state index contributed by atoms with van der Waals surface area (Å²) in [6.07, 6.45) is -27.4. The molecule has 3 aliphatic heterocycles. The lowest BCUT2D eigenvalue weighted by molar-refractivity contribution is -0.380. The van der Waals surface area contributed by atoms with Gasteiger partial charge in [0.1, 0.15) is 67.1 Å². The molecule has 0 aromatic rings. The van der Waals surface area contributed by atoms with E-state index in [9.17, 15) is 55.9 Å². The smallest absolute Gasteiger partial charge is 0.335 e. The van der Waals surface area contributed by atoms with Gasteiger partial charge in [0, 0.05) is 0 Å². The highest BCUT2D eigenvalue weighted by Crippen LogP contribution is 2.32. The minimum Gasteiger partial charge on any atom is -0.479 e. The monoisotopic (exact) mass is 518 g/mol. The van der Waals surface area contributed by atoms with Crippen LogP contribution in [0.2, 0.25) is 0 Å². The highest BCUT2D eigenvalue weighted by atomic mass is 16.8. The zero-order chi connectivity index (χ0) is 26.2. The lowest BCUT2D eigenvalue weighted by Crippen LogP contribution is -2.66. The van der Waals surface area contributed by atoms with Crippen molar-refractivity contribution in [2.24, 2.45) is 0 Å². The van der Waals surface area contributed by atoms with Gasteiger partial charge in [-0.2, -0.15) is 0 Å². The standard InChI is InChI=1S/C18H30O17/c19-1-3-5(21)6(22)10(26)17(31-3)34-12-4(2-20)32-18(11(27)9(12)25)35-14-8(24)7(23)13(15(28)29)33-16(14)30/h3-14,16-27,30H,1-2H2,(H,28,29)/t3-,4-,5-,6+,7+,8+,9-,10-,11-,12-,13+,14-,16-,17+,18+/m1/s1. The van der Waals surface area contributed by atoms with E-state index in [1.807, 2.05) is 0 Å². The van der Waals surface area contributed by atoms with Gasteiger partial charge in [0.15, 0.2) is 25.0 Å². The van der Waals surface area contributed by atoms with E-state index in [1.54, 1.807) is 0 Å². The van der Waals surface area contributed by atoms with E-state index in [1.165, 1.54) is 0 Å². The molecule has 3 saturated heterocycles. The molecule has 0 aromatic heterocycles. The second-order valence-corrected chi connectivity index (χ2v) is 8.37. The zero-order valence-electron chi connectivity index (χ0n) is 17.9. The third-order valence-electron chi connectivity index (χ3n) is 6.06. The Morgan fingerprint density at radius 2 is 1.09 bits per heavy atom. The summed E-state index contributed by atoms with van der Waals surface area (Å²) in [5, 5.41) is 109. The number of carboxylic acid groups (broad SMARTS) is 1. The topological polar surface area (TPSA) is 286 Å². The average molecular weight is 518 g/mol. The molecule has 0 aromatic carbocycles. The Kier molecular flexibility index (Phi) is 9.35. The summed E-state index contributed by atoms with van der Waals surface area (Å²) in [6.45, 7) is -1.64. The molecule has 0 spiro atoms. The second kappa shape index (κ2) is 11.5. The summed E-state index contributed by atoms with van der Waals surface area (Å²) in [5.74, 6) is -1.67. The molecule has 15 atom stereocenters. The van der Waals surface area contributed by atoms with Gasteiger partial charge in [-0.25, -0.2) is 4.79 Å². The normalized spacial score (nSPS) is 51.2. The van der Waals surface area contributed by atoms with Crippen LogP contribution in [-0.2, 0) is 28.5 Å². The van der Waals surface area contributed by atoms with Crippen molar-refractivity contribution in [2.45, 2.75) is 92.1 Å². The van der Waals surface area contributed by atoms with E-state index in [0.717, 1.165) is 0 Å². The van der Waals surface area contributed by atoms with E-state index >= 15 is 0 Å². The number of aliphatic hydroxyl groups excluding tert-OH is 10. The zero-order valence-corrected chi connectivity index (χ0v) is 17.9. The van der Waals surface area contributed by atoms with Crippen LogP contribution in [0.3, 0.4) is 0 Å². The van der Waals surface area contributed by atoms with Crippen LogP contribution in [-0.4, -0.2) is 167 Å². The second-order valence-electron chi connectivity index (χ2n) is 8.37. The maximum Gasteiger partial charge on any atom is 0.335 e. The van der Waals surface area contributed by atoms with Crippen molar-refractivity contribution in [3.63, 3.8) is 0 Å². The Labute approximate surface area is 196 Å². The van der Waals surface area contributed by atoms with E-state index in [0.29, 0.717) is 0 Å². The van der Waals surface area contributed by atoms with Gasteiger partial charge in [0.05, 0.1) is 13.2 Å². The molecular weight excluding hydrogens is 488 g/mol. The number of rotatable bonds is 7. The van der Waals surface area contributed by atoms with Crippen molar-refractivity contribution in [1.29, 1.82) is 0 Å². The van der Waals surface area contributed by atoms with E-state index < -0.39 is 111 Å². The molecule has 17 nitrogen and oxygen atoms in total. The minimum absolute atomic E-state index is 0.765. The Balaban J connectivity index is 1.70. The van der Waals surface area contributed by atoms with Crippen molar-refractivity contribution in [2.75, 3.05) is 13.2 Å². The minimum atomic E-state index is -2.10. The number of hydrogen-bond donors (Lipinski definition) is 11. The lowest BCUT2D eigenvalue weighted by Gasteiger charge is -2.47. The molecule has 3 heterocycles. The summed E-state index contributed by atoms with van der Waals surface area (Å²) < 4.78 is 25.8. The quantitative estimate of drug-likeness (QED) is 0.149. The molecule has 3 aliphatic rings. The summed E-state index contributed by atoms with van der Waals surface area (Å²) >= 11 is 0. The summed E-state index contributed by atoms with van der Waals surface area (Å²) in [6, 6.07) is 0. The van der Waals surface area contributed by atoms with Crippen LogP contribution in [0.1, 0.15) is 0 Å². The Morgan fingerprint density at radius 1 is 0.600 bits per heavy atom. The van der Waals surface area contributed by atoms with Crippen LogP contribution >= 0.6 is 0 Å². The lowest BCUT2D eigenvalue weighted by atomic mass is 9.96. The van der Waals surface area contributed by atoms with Crippen molar-refractivity contribution in [1.82, 2.24) is 0 Å². The van der Waals surface area contributed by atoms with Crippen LogP contribution in [0.15, 0.2) is 0 Å². The molecule has 17 heteroatoms. The van der Waals surface area contributed by atoms with Gasteiger partial charge in [-0.05, 0) is 0 Å². The summed E-state index contributed by atoms with van der Waals surface area (Å²) in [7, 11) is 0. The average Bonchev–Trinajstić information content (AvgIpc) is 2.82. The molecular formula is C18H30O17. The summed E-state index contributed by atoms with van der Waals surface area (Å²) in [4.78, 5) is 11.1. The van der Waals surface area contributed by atoms with E-state index in [2.05, 4.69) is 0 Å². The van der Waals surface area contributed by atoms with E-state index in [4.69, 9.17) is 28.8 Å². The highest BCUT2D eigenvalue weighted by Gasteiger charge is 2.54. The predicted octanol–water partition coefficient (Wildman–Crippen LogP) is -7.48. The largest absolute Gasteiger partial charge is 0.479 e. The summed E-state index contributed by atoms with van der Waals surface area (Å²) in [5.41, 5.74) is 0. The van der Waals surface area contributed by atoms with Gasteiger partial charge in [-0.1, -0.05) is 0 Å². The van der Waals surface area contributed by atoms with Crippen molar-refractivity contribution < 1.29 is 84.7 Å². The van der Waals surface area contributed by atoms with E-state index in [-0.39, 0.29) is 0 Å². The molecule has 0 aliphatic carbocycles. The fourth-order valence-corrected chi connectivity index (χ4v) is 4.02. The molecule has 3 rings (SSSR count). The fourth-order valence-electron chi connectivity index (χ4n) is 4.02. The number of carboxylic acids is 1. The molecule has 11 N–H and O–H groups in total. The first-order valence-corrected chi connectivity index (χ1v) is 10.6. The van der Waals surface area contributed by atoms with Crippen LogP contribution in [0.4, 0.5) is 0 Å². The van der Waals surface area contributed by atoms with Crippen molar-refractivity contribution in [3.8, 4) is 0 Å². The highest BCUT2D eigenvalue weighted by molar-refractivity contribution is 5.73.